The van der Waals surface area contributed by atoms with Crippen LogP contribution in [0, 0.1) is 11.3 Å². The highest BCUT2D eigenvalue weighted by Crippen LogP contribution is 2.35. The van der Waals surface area contributed by atoms with Crippen molar-refractivity contribution in [1.82, 2.24) is 4.98 Å². The van der Waals surface area contributed by atoms with Crippen LogP contribution in [-0.2, 0) is 0 Å². The topological polar surface area (TPSA) is 48.7 Å². The smallest absolute Gasteiger partial charge is 0.125 e. The van der Waals surface area contributed by atoms with Crippen LogP contribution in [0.3, 0.4) is 0 Å². The van der Waals surface area contributed by atoms with Crippen molar-refractivity contribution >= 4 is 16.5 Å². The fraction of sp³-hybridized carbons (Fsp3) is 0.286. The van der Waals surface area contributed by atoms with Crippen LogP contribution in [-0.4, -0.2) is 10.5 Å². The van der Waals surface area contributed by atoms with Gasteiger partial charge in [-0.05, 0) is 42.8 Å². The number of nitrogens with zero attached hydrogens (tertiary/aromatic N) is 2. The Hall–Kier alpha value is -2.08. The van der Waals surface area contributed by atoms with Crippen LogP contribution >= 0.6 is 0 Å². The molecule has 0 saturated heterocycles. The largest absolute Gasteiger partial charge is 0.367 e. The summed E-state index contributed by atoms with van der Waals surface area (Å²) in [5, 5.41) is 14.8. The third-order valence-electron chi connectivity index (χ3n) is 3.45. The number of benzene rings is 1. The lowest BCUT2D eigenvalue weighted by molar-refractivity contribution is 0.356. The number of anilines is 1. The SMILES string of the molecule is N#CC1(Nc2ccc3cnccc3c2)CCC1. The summed E-state index contributed by atoms with van der Waals surface area (Å²) in [5.74, 6) is 0. The number of fused-ring (bicyclic) bond motifs is 1. The highest BCUT2D eigenvalue weighted by Gasteiger charge is 2.36. The van der Waals surface area contributed by atoms with E-state index in [1.807, 2.05) is 24.4 Å². The van der Waals surface area contributed by atoms with Crippen LogP contribution in [0.15, 0.2) is 36.7 Å². The zero-order valence-electron chi connectivity index (χ0n) is 9.48. The fourth-order valence-corrected chi connectivity index (χ4v) is 2.23. The molecule has 1 saturated carbocycles. The molecule has 1 N–H and O–H groups in total. The Morgan fingerprint density at radius 3 is 2.82 bits per heavy atom. The number of hydrogen-bond acceptors (Lipinski definition) is 3. The molecule has 0 spiro atoms. The van der Waals surface area contributed by atoms with Crippen LogP contribution < -0.4 is 5.32 Å². The van der Waals surface area contributed by atoms with Gasteiger partial charge in [0.25, 0.3) is 0 Å². The molecule has 1 aliphatic rings. The Morgan fingerprint density at radius 1 is 1.24 bits per heavy atom. The predicted octanol–water partition coefficient (Wildman–Crippen LogP) is 3.09. The van der Waals surface area contributed by atoms with E-state index in [2.05, 4.69) is 22.4 Å². The van der Waals surface area contributed by atoms with Crippen LogP contribution in [0.1, 0.15) is 19.3 Å². The maximum atomic E-state index is 9.19. The predicted molar refractivity (Wildman–Crippen MR) is 67.6 cm³/mol. The molecular weight excluding hydrogens is 210 g/mol. The van der Waals surface area contributed by atoms with E-state index < -0.39 is 0 Å². The summed E-state index contributed by atoms with van der Waals surface area (Å²) in [6.07, 6.45) is 6.66. The Kier molecular flexibility index (Phi) is 2.22. The first-order valence-corrected chi connectivity index (χ1v) is 5.85. The van der Waals surface area contributed by atoms with Crippen LogP contribution in [0.25, 0.3) is 10.8 Å². The molecule has 1 heterocycles. The molecule has 0 atom stereocenters. The van der Waals surface area contributed by atoms with Crippen LogP contribution in [0.5, 0.6) is 0 Å². The number of aromatic nitrogens is 1. The highest BCUT2D eigenvalue weighted by molar-refractivity contribution is 5.85. The summed E-state index contributed by atoms with van der Waals surface area (Å²) in [6, 6.07) is 10.5. The second-order valence-electron chi connectivity index (χ2n) is 4.61. The van der Waals surface area contributed by atoms with Crippen molar-refractivity contribution in [3.63, 3.8) is 0 Å². The minimum Gasteiger partial charge on any atom is -0.367 e. The van der Waals surface area contributed by atoms with Gasteiger partial charge in [0.1, 0.15) is 5.54 Å². The zero-order valence-corrected chi connectivity index (χ0v) is 9.48. The third-order valence-corrected chi connectivity index (χ3v) is 3.45. The lowest BCUT2D eigenvalue weighted by Crippen LogP contribution is -2.43. The average molecular weight is 223 g/mol. The molecule has 3 heteroatoms. The van der Waals surface area contributed by atoms with E-state index in [0.29, 0.717) is 0 Å². The fourth-order valence-electron chi connectivity index (χ4n) is 2.23. The summed E-state index contributed by atoms with van der Waals surface area (Å²) in [7, 11) is 0. The molecule has 84 valence electrons. The van der Waals surface area contributed by atoms with E-state index in [1.54, 1.807) is 6.20 Å². The third kappa shape index (κ3) is 1.72. The summed E-state index contributed by atoms with van der Waals surface area (Å²) in [6.45, 7) is 0. The van der Waals surface area contributed by atoms with Gasteiger partial charge in [0.15, 0.2) is 0 Å². The quantitative estimate of drug-likeness (QED) is 0.851. The Labute approximate surface area is 100 Å². The van der Waals surface area contributed by atoms with Gasteiger partial charge >= 0.3 is 0 Å². The van der Waals surface area contributed by atoms with Gasteiger partial charge in [-0.2, -0.15) is 5.26 Å². The van der Waals surface area contributed by atoms with Crippen molar-refractivity contribution in [2.24, 2.45) is 0 Å². The van der Waals surface area contributed by atoms with E-state index in [4.69, 9.17) is 0 Å². The molecule has 17 heavy (non-hydrogen) atoms. The van der Waals surface area contributed by atoms with Crippen LogP contribution in [0.4, 0.5) is 5.69 Å². The Morgan fingerprint density at radius 2 is 2.12 bits per heavy atom. The normalized spacial score (nSPS) is 17.1. The van der Waals surface area contributed by atoms with E-state index in [0.717, 1.165) is 35.7 Å². The summed E-state index contributed by atoms with van der Waals surface area (Å²) in [5.41, 5.74) is 0.686. The van der Waals surface area contributed by atoms with Crippen LogP contribution in [0.2, 0.25) is 0 Å². The van der Waals surface area contributed by atoms with Crippen molar-refractivity contribution < 1.29 is 0 Å². The van der Waals surface area contributed by atoms with Gasteiger partial charge < -0.3 is 5.32 Å². The van der Waals surface area contributed by atoms with Gasteiger partial charge in [0, 0.05) is 23.5 Å². The minimum absolute atomic E-state index is 0.333. The number of pyridine rings is 1. The standard InChI is InChI=1S/C14H13N3/c15-10-14(5-1-6-14)17-13-3-2-12-9-16-7-4-11(12)8-13/h2-4,7-9,17H,1,5-6H2. The zero-order chi connectivity index (χ0) is 11.7. The summed E-state index contributed by atoms with van der Waals surface area (Å²) >= 11 is 0. The monoisotopic (exact) mass is 223 g/mol. The first-order chi connectivity index (χ1) is 8.31. The van der Waals surface area contributed by atoms with Gasteiger partial charge in [0.05, 0.1) is 6.07 Å². The number of hydrogen-bond donors (Lipinski definition) is 1. The van der Waals surface area contributed by atoms with Gasteiger partial charge in [0.2, 0.25) is 0 Å². The molecule has 1 aromatic carbocycles. The number of rotatable bonds is 2. The molecule has 0 amide bonds. The molecule has 0 unspecified atom stereocenters. The number of nitriles is 1. The molecule has 0 radical (unpaired) electrons. The highest BCUT2D eigenvalue weighted by atomic mass is 15.0. The molecule has 3 rings (SSSR count). The van der Waals surface area contributed by atoms with Crippen molar-refractivity contribution in [2.75, 3.05) is 5.32 Å². The Balaban J connectivity index is 1.94. The first kappa shape index (κ1) is 10.1. The second kappa shape index (κ2) is 3.74. The number of nitrogens with one attached hydrogen (secondary N) is 1. The maximum absolute atomic E-state index is 9.19. The average Bonchev–Trinajstić information content (AvgIpc) is 2.34. The molecule has 1 fully saturated rings. The molecule has 0 aliphatic heterocycles. The van der Waals surface area contributed by atoms with E-state index in [1.165, 1.54) is 0 Å². The molecule has 1 aliphatic carbocycles. The van der Waals surface area contributed by atoms with Crippen molar-refractivity contribution in [2.45, 2.75) is 24.8 Å². The first-order valence-electron chi connectivity index (χ1n) is 5.85. The molecule has 0 bridgehead atoms. The van der Waals surface area contributed by atoms with Crippen molar-refractivity contribution in [3.8, 4) is 6.07 Å². The second-order valence-corrected chi connectivity index (χ2v) is 4.61. The Bertz CT molecular complexity index is 594. The van der Waals surface area contributed by atoms with E-state index in [9.17, 15) is 5.26 Å². The summed E-state index contributed by atoms with van der Waals surface area (Å²) in [4.78, 5) is 4.09. The molecular formula is C14H13N3. The lowest BCUT2D eigenvalue weighted by Gasteiger charge is -2.36. The van der Waals surface area contributed by atoms with Gasteiger partial charge in [-0.25, -0.2) is 0 Å². The molecule has 3 nitrogen and oxygen atoms in total. The summed E-state index contributed by atoms with van der Waals surface area (Å²) < 4.78 is 0. The molecule has 1 aromatic heterocycles. The maximum Gasteiger partial charge on any atom is 0.125 e. The molecule has 2 aromatic rings. The van der Waals surface area contributed by atoms with E-state index >= 15 is 0 Å². The van der Waals surface area contributed by atoms with Gasteiger partial charge in [-0.1, -0.05) is 6.07 Å². The van der Waals surface area contributed by atoms with Gasteiger partial charge in [-0.3, -0.25) is 4.98 Å². The van der Waals surface area contributed by atoms with E-state index in [-0.39, 0.29) is 5.54 Å². The lowest BCUT2D eigenvalue weighted by atomic mass is 9.78. The van der Waals surface area contributed by atoms with Crippen molar-refractivity contribution in [1.29, 1.82) is 5.26 Å². The van der Waals surface area contributed by atoms with Gasteiger partial charge in [-0.15, -0.1) is 0 Å². The minimum atomic E-state index is -0.333. The van der Waals surface area contributed by atoms with Crippen molar-refractivity contribution in [3.05, 3.63) is 36.7 Å².